The fourth-order valence-corrected chi connectivity index (χ4v) is 4.81. The molecule has 1 amide bonds. The van der Waals surface area contributed by atoms with E-state index in [0.717, 1.165) is 23.3 Å². The van der Waals surface area contributed by atoms with Gasteiger partial charge in [-0.3, -0.25) is 14.6 Å². The molecule has 2 aromatic carbocycles. The molecule has 1 aliphatic heterocycles. The van der Waals surface area contributed by atoms with Crippen molar-refractivity contribution in [2.75, 3.05) is 19.7 Å². The SMILES string of the molecule is CCOC(=O)C=Cc1cccc(C(C)(CC)N2C(=O)CCCN2CCC(=O)Cc2cccc(C(F)(F)F)c2)c1. The summed E-state index contributed by atoms with van der Waals surface area (Å²) in [6.07, 6.45) is 0.183. The summed E-state index contributed by atoms with van der Waals surface area (Å²) in [5, 5.41) is 3.63. The van der Waals surface area contributed by atoms with Crippen LogP contribution in [0, 0.1) is 0 Å². The van der Waals surface area contributed by atoms with E-state index >= 15 is 0 Å². The van der Waals surface area contributed by atoms with E-state index in [9.17, 15) is 27.6 Å². The van der Waals surface area contributed by atoms with Crippen molar-refractivity contribution in [1.29, 1.82) is 0 Å². The van der Waals surface area contributed by atoms with Gasteiger partial charge in [0.05, 0.1) is 17.7 Å². The quantitative estimate of drug-likeness (QED) is 0.258. The number of esters is 1. The Kier molecular flexibility index (Phi) is 10.1. The lowest BCUT2D eigenvalue weighted by atomic mass is 9.86. The summed E-state index contributed by atoms with van der Waals surface area (Å²) in [4.78, 5) is 37.7. The zero-order valence-corrected chi connectivity index (χ0v) is 22.6. The smallest absolute Gasteiger partial charge is 0.416 e. The van der Waals surface area contributed by atoms with E-state index < -0.39 is 23.2 Å². The Balaban J connectivity index is 1.77. The molecule has 2 aromatic rings. The molecule has 1 atom stereocenters. The standard InChI is InChI=1S/C30H35F3N2O4/c1-4-29(3,24-11-6-9-22(19-24)14-15-28(38)39-5-2)35-27(37)13-8-17-34(35)18-16-26(36)21-23-10-7-12-25(20-23)30(31,32)33/h6-7,9-12,14-15,19-20H,4-5,8,13,16-18,21H2,1-3H3. The van der Waals surface area contributed by atoms with Crippen molar-refractivity contribution in [2.24, 2.45) is 0 Å². The molecule has 1 heterocycles. The Morgan fingerprint density at radius 3 is 2.46 bits per heavy atom. The average molecular weight is 545 g/mol. The van der Waals surface area contributed by atoms with E-state index in [1.165, 1.54) is 18.2 Å². The topological polar surface area (TPSA) is 66.9 Å². The van der Waals surface area contributed by atoms with Crippen molar-refractivity contribution in [3.05, 3.63) is 76.9 Å². The van der Waals surface area contributed by atoms with Crippen molar-refractivity contribution in [3.8, 4) is 0 Å². The second kappa shape index (κ2) is 13.1. The van der Waals surface area contributed by atoms with Crippen LogP contribution < -0.4 is 0 Å². The van der Waals surface area contributed by atoms with Crippen LogP contribution in [0.25, 0.3) is 6.08 Å². The highest BCUT2D eigenvalue weighted by Gasteiger charge is 2.41. The summed E-state index contributed by atoms with van der Waals surface area (Å²) in [7, 11) is 0. The molecule has 0 aromatic heterocycles. The molecule has 3 rings (SSSR count). The average Bonchev–Trinajstić information content (AvgIpc) is 2.90. The predicted molar refractivity (Wildman–Crippen MR) is 142 cm³/mol. The Morgan fingerprint density at radius 1 is 1.05 bits per heavy atom. The van der Waals surface area contributed by atoms with E-state index in [1.54, 1.807) is 18.0 Å². The van der Waals surface area contributed by atoms with Crippen molar-refractivity contribution in [1.82, 2.24) is 10.0 Å². The summed E-state index contributed by atoms with van der Waals surface area (Å²) in [6, 6.07) is 12.4. The summed E-state index contributed by atoms with van der Waals surface area (Å²) >= 11 is 0. The molecular formula is C30H35F3N2O4. The number of hydrogen-bond donors (Lipinski definition) is 0. The molecule has 210 valence electrons. The number of ether oxygens (including phenoxy) is 1. The molecule has 0 radical (unpaired) electrons. The highest BCUT2D eigenvalue weighted by atomic mass is 19.4. The van der Waals surface area contributed by atoms with Crippen LogP contribution in [-0.4, -0.2) is 47.4 Å². The summed E-state index contributed by atoms with van der Waals surface area (Å²) in [6.45, 7) is 6.84. The maximum absolute atomic E-state index is 13.2. The number of ketones is 1. The molecule has 9 heteroatoms. The minimum Gasteiger partial charge on any atom is -0.463 e. The third kappa shape index (κ3) is 7.79. The second-order valence-corrected chi connectivity index (χ2v) is 9.76. The van der Waals surface area contributed by atoms with Crippen molar-refractivity contribution >= 4 is 23.7 Å². The van der Waals surface area contributed by atoms with Crippen LogP contribution in [0.3, 0.4) is 0 Å². The fourth-order valence-electron chi connectivity index (χ4n) is 4.81. The van der Waals surface area contributed by atoms with Crippen LogP contribution in [-0.2, 0) is 37.3 Å². The molecule has 1 fully saturated rings. The predicted octanol–water partition coefficient (Wildman–Crippen LogP) is 5.95. The van der Waals surface area contributed by atoms with Crippen LogP contribution in [0.4, 0.5) is 13.2 Å². The van der Waals surface area contributed by atoms with Gasteiger partial charge in [0.15, 0.2) is 0 Å². The lowest BCUT2D eigenvalue weighted by Gasteiger charge is -2.49. The number of carbonyl (C=O) groups is 3. The zero-order valence-electron chi connectivity index (χ0n) is 22.6. The third-order valence-corrected chi connectivity index (χ3v) is 6.99. The molecule has 1 saturated heterocycles. The van der Waals surface area contributed by atoms with Gasteiger partial charge in [0.1, 0.15) is 5.78 Å². The minimum atomic E-state index is -4.47. The number of rotatable bonds is 11. The Morgan fingerprint density at radius 2 is 1.77 bits per heavy atom. The van der Waals surface area contributed by atoms with E-state index in [4.69, 9.17) is 4.74 Å². The van der Waals surface area contributed by atoms with Gasteiger partial charge in [0, 0.05) is 38.4 Å². The molecule has 0 saturated carbocycles. The number of alkyl halides is 3. The number of hydrazine groups is 1. The molecule has 0 spiro atoms. The van der Waals surface area contributed by atoms with Crippen molar-refractivity contribution in [2.45, 2.75) is 64.6 Å². The third-order valence-electron chi connectivity index (χ3n) is 6.99. The van der Waals surface area contributed by atoms with Gasteiger partial charge < -0.3 is 4.74 Å². The van der Waals surface area contributed by atoms with Gasteiger partial charge in [-0.15, -0.1) is 0 Å². The maximum Gasteiger partial charge on any atom is 0.416 e. The largest absolute Gasteiger partial charge is 0.463 e. The van der Waals surface area contributed by atoms with Crippen LogP contribution in [0.5, 0.6) is 0 Å². The van der Waals surface area contributed by atoms with Gasteiger partial charge in [-0.05, 0) is 61.6 Å². The van der Waals surface area contributed by atoms with E-state index in [0.29, 0.717) is 31.4 Å². The lowest BCUT2D eigenvalue weighted by Crippen LogP contribution is -2.59. The first-order valence-electron chi connectivity index (χ1n) is 13.2. The summed E-state index contributed by atoms with van der Waals surface area (Å²) in [5.41, 5.74) is 0.486. The summed E-state index contributed by atoms with van der Waals surface area (Å²) in [5.74, 6) is -0.687. The Hall–Kier alpha value is -3.46. The first kappa shape index (κ1) is 30.1. The van der Waals surface area contributed by atoms with Crippen LogP contribution >= 0.6 is 0 Å². The first-order chi connectivity index (χ1) is 18.5. The number of carbonyl (C=O) groups excluding carboxylic acids is 3. The van der Waals surface area contributed by atoms with Gasteiger partial charge in [-0.2, -0.15) is 13.2 Å². The van der Waals surface area contributed by atoms with Gasteiger partial charge in [0.25, 0.3) is 0 Å². The van der Waals surface area contributed by atoms with E-state index in [1.807, 2.05) is 43.1 Å². The van der Waals surface area contributed by atoms with Gasteiger partial charge in [0.2, 0.25) is 5.91 Å². The summed E-state index contributed by atoms with van der Waals surface area (Å²) < 4.78 is 44.1. The van der Waals surface area contributed by atoms with Crippen LogP contribution in [0.2, 0.25) is 0 Å². The fraction of sp³-hybridized carbons (Fsp3) is 0.433. The molecular weight excluding hydrogens is 509 g/mol. The molecule has 6 nitrogen and oxygen atoms in total. The number of halogens is 3. The molecule has 0 N–H and O–H groups in total. The van der Waals surface area contributed by atoms with Gasteiger partial charge in [-0.25, -0.2) is 9.80 Å². The number of amides is 1. The Bertz CT molecular complexity index is 1210. The number of benzene rings is 2. The van der Waals surface area contributed by atoms with E-state index in [-0.39, 0.29) is 37.7 Å². The maximum atomic E-state index is 13.2. The van der Waals surface area contributed by atoms with Gasteiger partial charge >= 0.3 is 12.1 Å². The van der Waals surface area contributed by atoms with Crippen molar-refractivity contribution in [3.63, 3.8) is 0 Å². The number of Topliss-reactive ketones (excluding diaryl/α,β-unsaturated/α-hetero) is 1. The highest BCUT2D eigenvalue weighted by Crippen LogP contribution is 2.36. The number of nitrogens with zero attached hydrogens (tertiary/aromatic N) is 2. The number of hydrogen-bond acceptors (Lipinski definition) is 5. The molecule has 39 heavy (non-hydrogen) atoms. The van der Waals surface area contributed by atoms with Crippen LogP contribution in [0.1, 0.15) is 68.7 Å². The Labute approximate surface area is 227 Å². The second-order valence-electron chi connectivity index (χ2n) is 9.76. The molecule has 1 unspecified atom stereocenters. The van der Waals surface area contributed by atoms with E-state index in [2.05, 4.69) is 0 Å². The first-order valence-corrected chi connectivity index (χ1v) is 13.2. The molecule has 0 bridgehead atoms. The van der Waals surface area contributed by atoms with Crippen LogP contribution in [0.15, 0.2) is 54.6 Å². The molecule has 0 aliphatic carbocycles. The van der Waals surface area contributed by atoms with Crippen molar-refractivity contribution < 1.29 is 32.3 Å². The van der Waals surface area contributed by atoms with Gasteiger partial charge in [-0.1, -0.05) is 43.3 Å². The molecule has 1 aliphatic rings. The normalized spacial score (nSPS) is 16.4. The highest BCUT2D eigenvalue weighted by molar-refractivity contribution is 5.87. The zero-order chi connectivity index (χ0) is 28.6. The lowest BCUT2D eigenvalue weighted by molar-refractivity contribution is -0.176. The monoisotopic (exact) mass is 544 g/mol. The minimum absolute atomic E-state index is 0.0524.